The highest BCUT2D eigenvalue weighted by atomic mass is 127. The van der Waals surface area contributed by atoms with Crippen molar-refractivity contribution >= 4 is 0 Å². The monoisotopic (exact) mass is 277 g/mol. The Balaban J connectivity index is 0. The molecule has 0 saturated carbocycles. The highest BCUT2D eigenvalue weighted by Gasteiger charge is 1.90. The molecule has 0 heterocycles. The lowest BCUT2D eigenvalue weighted by molar-refractivity contribution is -1.63. The van der Waals surface area contributed by atoms with E-state index in [9.17, 15) is 0 Å². The predicted octanol–water partition coefficient (Wildman–Crippen LogP) is -4.58. The van der Waals surface area contributed by atoms with Crippen molar-refractivity contribution in [3.63, 3.8) is 0 Å². The third-order valence-corrected chi connectivity index (χ3v) is 1.34. The highest BCUT2D eigenvalue weighted by molar-refractivity contribution is 4.43. The van der Waals surface area contributed by atoms with Gasteiger partial charge in [0.05, 0.1) is 0 Å². The van der Waals surface area contributed by atoms with Crippen LogP contribution in [0.5, 0.6) is 0 Å². The van der Waals surface area contributed by atoms with E-state index in [4.69, 9.17) is 10.3 Å². The average molecular weight is 277 g/mol. The molecule has 70 valence electrons. The molecule has 0 radical (unpaired) electrons. The van der Waals surface area contributed by atoms with E-state index in [0.29, 0.717) is 0 Å². The molecule has 0 aliphatic rings. The molecule has 4 nitrogen and oxygen atoms in total. The van der Waals surface area contributed by atoms with Crippen LogP contribution in [0.4, 0.5) is 0 Å². The zero-order chi connectivity index (χ0) is 9.28. The standard InChI is InChI=1S/C6H15N.HIO3/c1-4-7(5-2)6-3;2-1(3)4/h4-6H2,1-3H3;2H. The summed E-state index contributed by atoms with van der Waals surface area (Å²) in [6, 6.07) is 0. The number of hydrogen-bond acceptors (Lipinski definition) is 4. The van der Waals surface area contributed by atoms with Gasteiger partial charge in [0.15, 0.2) is 0 Å². The summed E-state index contributed by atoms with van der Waals surface area (Å²) in [5.41, 5.74) is 0. The minimum atomic E-state index is -3.76. The van der Waals surface area contributed by atoms with Gasteiger partial charge in [0.1, 0.15) is 0 Å². The molecule has 0 rings (SSSR count). The Morgan fingerprint density at radius 1 is 1.09 bits per heavy atom. The third-order valence-electron chi connectivity index (χ3n) is 1.34. The molecular formula is C6H16INO3. The summed E-state index contributed by atoms with van der Waals surface area (Å²) in [6.45, 7) is 10.1. The summed E-state index contributed by atoms with van der Waals surface area (Å²) in [5.74, 6) is 0. The summed E-state index contributed by atoms with van der Waals surface area (Å²) in [7, 11) is 0. The van der Waals surface area contributed by atoms with Gasteiger partial charge in [-0.3, -0.25) is 0 Å². The third kappa shape index (κ3) is 18.0. The Hall–Kier alpha value is 0.570. The van der Waals surface area contributed by atoms with Crippen molar-refractivity contribution in [2.45, 2.75) is 20.8 Å². The van der Waals surface area contributed by atoms with Crippen molar-refractivity contribution < 1.29 is 31.4 Å². The van der Waals surface area contributed by atoms with E-state index in [1.54, 1.807) is 0 Å². The molecule has 0 aliphatic carbocycles. The largest absolute Gasteiger partial charge is 0.503 e. The number of hydrogen-bond donors (Lipinski definition) is 1. The first-order valence-electron chi connectivity index (χ1n) is 3.55. The van der Waals surface area contributed by atoms with Gasteiger partial charge in [0.2, 0.25) is 0 Å². The van der Waals surface area contributed by atoms with E-state index in [2.05, 4.69) is 25.7 Å². The quantitative estimate of drug-likeness (QED) is 0.527. The topological polar surface area (TPSA) is 69.6 Å². The molecular weight excluding hydrogens is 261 g/mol. The van der Waals surface area contributed by atoms with Gasteiger partial charge in [-0.05, 0) is 23.1 Å². The lowest BCUT2D eigenvalue weighted by Crippen LogP contribution is -3.98. The maximum atomic E-state index is 8.68. The van der Waals surface area contributed by atoms with Gasteiger partial charge in [-0.1, -0.05) is 20.8 Å². The second kappa shape index (κ2) is 10.6. The minimum absolute atomic E-state index is 1.19. The Morgan fingerprint density at radius 3 is 1.27 bits per heavy atom. The van der Waals surface area contributed by atoms with Crippen molar-refractivity contribution in [3.05, 3.63) is 0 Å². The van der Waals surface area contributed by atoms with Crippen molar-refractivity contribution in [1.29, 1.82) is 0 Å². The van der Waals surface area contributed by atoms with Gasteiger partial charge < -0.3 is 11.8 Å². The summed E-state index contributed by atoms with van der Waals surface area (Å²) in [5, 5.41) is 0. The van der Waals surface area contributed by atoms with E-state index in [1.807, 2.05) is 0 Å². The number of halogens is 1. The molecule has 5 heteroatoms. The summed E-state index contributed by atoms with van der Waals surface area (Å²) < 4.78 is 24.5. The van der Waals surface area contributed by atoms with Crippen LogP contribution in [0.1, 0.15) is 20.8 Å². The molecule has 0 aliphatic heterocycles. The van der Waals surface area contributed by atoms with Crippen LogP contribution in [0.3, 0.4) is 0 Å². The smallest absolute Gasteiger partial charge is 0.396 e. The minimum Gasteiger partial charge on any atom is -0.396 e. The van der Waals surface area contributed by atoms with E-state index in [1.165, 1.54) is 19.6 Å². The molecule has 0 amide bonds. The van der Waals surface area contributed by atoms with Gasteiger partial charge >= 0.3 is 21.1 Å². The first-order valence-corrected chi connectivity index (χ1v) is 6.27. The normalized spacial score (nSPS) is 9.82. The first-order chi connectivity index (χ1) is 5.08. The molecule has 0 aromatic rings. The molecule has 0 atom stereocenters. The zero-order valence-corrected chi connectivity index (χ0v) is 9.37. The average Bonchev–Trinajstić information content (AvgIpc) is 1.90. The van der Waals surface area contributed by atoms with Crippen LogP contribution in [0.15, 0.2) is 0 Å². The van der Waals surface area contributed by atoms with Gasteiger partial charge in [0, 0.05) is 0 Å². The van der Waals surface area contributed by atoms with Gasteiger partial charge in [-0.2, -0.15) is 0 Å². The summed E-state index contributed by atoms with van der Waals surface area (Å²) in [4.78, 5) is 2.38. The fraction of sp³-hybridized carbons (Fsp3) is 1.00. The van der Waals surface area contributed by atoms with Crippen molar-refractivity contribution in [2.75, 3.05) is 19.6 Å². The maximum absolute atomic E-state index is 8.68. The van der Waals surface area contributed by atoms with E-state index in [-0.39, 0.29) is 0 Å². The first kappa shape index (κ1) is 14.1. The van der Waals surface area contributed by atoms with Crippen molar-refractivity contribution in [1.82, 2.24) is 4.90 Å². The fourth-order valence-electron chi connectivity index (χ4n) is 0.671. The second-order valence-electron chi connectivity index (χ2n) is 1.82. The zero-order valence-electron chi connectivity index (χ0n) is 7.21. The van der Waals surface area contributed by atoms with Crippen LogP contribution in [0.2, 0.25) is 0 Å². The van der Waals surface area contributed by atoms with Crippen LogP contribution in [-0.2, 0) is 0 Å². The molecule has 0 spiro atoms. The number of nitrogens with zero attached hydrogens (tertiary/aromatic N) is 1. The molecule has 11 heavy (non-hydrogen) atoms. The molecule has 0 unspecified atom stereocenters. The molecule has 0 fully saturated rings. The summed E-state index contributed by atoms with van der Waals surface area (Å²) >= 11 is -3.76. The second-order valence-corrected chi connectivity index (χ2v) is 2.97. The fourth-order valence-corrected chi connectivity index (χ4v) is 0.671. The van der Waals surface area contributed by atoms with Gasteiger partial charge in [-0.25, -0.2) is 0 Å². The number of rotatable bonds is 3. The van der Waals surface area contributed by atoms with E-state index >= 15 is 0 Å². The van der Waals surface area contributed by atoms with Crippen LogP contribution in [0, 0.1) is 0 Å². The lowest BCUT2D eigenvalue weighted by atomic mass is 10.5. The lowest BCUT2D eigenvalue weighted by Gasteiger charge is -2.13. The Bertz CT molecular complexity index is 60.6. The molecule has 0 saturated heterocycles. The van der Waals surface area contributed by atoms with Crippen LogP contribution >= 0.6 is 0 Å². The van der Waals surface area contributed by atoms with E-state index in [0.717, 1.165) is 0 Å². The molecule has 0 bridgehead atoms. The highest BCUT2D eigenvalue weighted by Crippen LogP contribution is 1.81. The van der Waals surface area contributed by atoms with Crippen LogP contribution < -0.4 is 27.9 Å². The van der Waals surface area contributed by atoms with Gasteiger partial charge in [-0.15, -0.1) is 0 Å². The van der Waals surface area contributed by atoms with Crippen LogP contribution in [-0.4, -0.2) is 28.0 Å². The molecule has 0 aromatic carbocycles. The van der Waals surface area contributed by atoms with Crippen molar-refractivity contribution in [3.8, 4) is 0 Å². The molecule has 0 aromatic heterocycles. The Labute approximate surface area is 76.9 Å². The maximum Gasteiger partial charge on any atom is 0.503 e. The van der Waals surface area contributed by atoms with Crippen LogP contribution in [0.25, 0.3) is 0 Å². The summed E-state index contributed by atoms with van der Waals surface area (Å²) in [6.07, 6.45) is 0. The SMILES string of the molecule is CCN(CC)CC.[O-][I+2]([O-])O. The van der Waals surface area contributed by atoms with Gasteiger partial charge in [0.25, 0.3) is 0 Å². The van der Waals surface area contributed by atoms with Crippen molar-refractivity contribution in [2.24, 2.45) is 0 Å². The Morgan fingerprint density at radius 2 is 1.27 bits per heavy atom. The predicted molar refractivity (Wildman–Crippen MR) is 35.7 cm³/mol. The molecule has 1 N–H and O–H groups in total. The van der Waals surface area contributed by atoms with E-state index < -0.39 is 21.1 Å². The Kier molecular flexibility index (Phi) is 13.6.